The van der Waals surface area contributed by atoms with E-state index >= 15 is 0 Å². The van der Waals surface area contributed by atoms with Crippen LogP contribution < -0.4 is 4.31 Å². The molecule has 0 fully saturated rings. The minimum Gasteiger partial charge on any atom is -0.268 e. The maximum Gasteiger partial charge on any atom is 0.239 e. The Labute approximate surface area is 133 Å². The fourth-order valence-electron chi connectivity index (χ4n) is 2.63. The second kappa shape index (κ2) is 5.85. The molecule has 0 aromatic heterocycles. The molecule has 0 N–H and O–H groups in total. The van der Waals surface area contributed by atoms with Gasteiger partial charge < -0.3 is 0 Å². The number of nitrogens with zero attached hydrogens (tertiary/aromatic N) is 1. The minimum atomic E-state index is -3.49. The highest BCUT2D eigenvalue weighted by atomic mass is 32.2. The van der Waals surface area contributed by atoms with E-state index in [2.05, 4.69) is 0 Å². The molecule has 1 aliphatic heterocycles. The monoisotopic (exact) mass is 335 g/mol. The molecule has 22 heavy (non-hydrogen) atoms. The predicted octanol–water partition coefficient (Wildman–Crippen LogP) is 2.45. The Hall–Kier alpha value is -1.66. The van der Waals surface area contributed by atoms with E-state index in [0.29, 0.717) is 16.3 Å². The molecule has 0 aliphatic carbocycles. The zero-order chi connectivity index (χ0) is 15.7. The van der Waals surface area contributed by atoms with Gasteiger partial charge in [0.25, 0.3) is 0 Å². The van der Waals surface area contributed by atoms with Gasteiger partial charge in [0, 0.05) is 12.3 Å². The van der Waals surface area contributed by atoms with Crippen molar-refractivity contribution >= 4 is 26.5 Å². The number of sulfonamides is 1. The summed E-state index contributed by atoms with van der Waals surface area (Å²) in [6.07, 6.45) is 0. The Morgan fingerprint density at radius 1 is 1.14 bits per heavy atom. The first-order chi connectivity index (χ1) is 10.5. The summed E-state index contributed by atoms with van der Waals surface area (Å²) < 4.78 is 39.0. The van der Waals surface area contributed by atoms with E-state index in [1.54, 1.807) is 24.3 Å². The first-order valence-electron chi connectivity index (χ1n) is 7.01. The molecule has 6 heteroatoms. The maximum atomic E-state index is 12.8. The summed E-state index contributed by atoms with van der Waals surface area (Å²) in [5.41, 5.74) is 2.34. The highest BCUT2D eigenvalue weighted by molar-refractivity contribution is 7.92. The van der Waals surface area contributed by atoms with Crippen molar-refractivity contribution in [3.05, 3.63) is 59.7 Å². The highest BCUT2D eigenvalue weighted by Crippen LogP contribution is 2.31. The van der Waals surface area contributed by atoms with Gasteiger partial charge in [-0.25, -0.2) is 8.42 Å². The predicted molar refractivity (Wildman–Crippen MR) is 88.9 cm³/mol. The normalized spacial score (nSPS) is 18.0. The Kier molecular flexibility index (Phi) is 4.06. The van der Waals surface area contributed by atoms with Crippen LogP contribution in [0.15, 0.2) is 53.4 Å². The van der Waals surface area contributed by atoms with Crippen LogP contribution in [0.2, 0.25) is 0 Å². The van der Waals surface area contributed by atoms with Gasteiger partial charge in [-0.1, -0.05) is 42.0 Å². The van der Waals surface area contributed by atoms with Gasteiger partial charge in [-0.15, -0.1) is 0 Å². The van der Waals surface area contributed by atoms with Gasteiger partial charge in [0.05, 0.1) is 27.1 Å². The van der Waals surface area contributed by atoms with Crippen molar-refractivity contribution in [1.29, 1.82) is 0 Å². The minimum absolute atomic E-state index is 0.0460. The van der Waals surface area contributed by atoms with Gasteiger partial charge in [0.2, 0.25) is 10.0 Å². The molecule has 1 atom stereocenters. The van der Waals surface area contributed by atoms with E-state index in [-0.39, 0.29) is 12.3 Å². The van der Waals surface area contributed by atoms with E-state index in [4.69, 9.17) is 0 Å². The number of hydrogen-bond acceptors (Lipinski definition) is 3. The summed E-state index contributed by atoms with van der Waals surface area (Å²) in [5.74, 6) is 0.291. The third-order valence-corrected chi connectivity index (χ3v) is 6.76. The van der Waals surface area contributed by atoms with Gasteiger partial charge >= 0.3 is 0 Å². The van der Waals surface area contributed by atoms with Crippen molar-refractivity contribution in [3.63, 3.8) is 0 Å². The van der Waals surface area contributed by atoms with Crippen LogP contribution in [0.1, 0.15) is 11.1 Å². The smallest absolute Gasteiger partial charge is 0.239 e. The fourth-order valence-corrected chi connectivity index (χ4v) is 5.60. The quantitative estimate of drug-likeness (QED) is 0.866. The number of anilines is 1. The Bertz CT molecular complexity index is 831. The van der Waals surface area contributed by atoms with E-state index in [1.165, 1.54) is 4.31 Å². The second-order valence-corrected chi connectivity index (χ2v) is 8.77. The first-order valence-corrected chi connectivity index (χ1v) is 9.93. The van der Waals surface area contributed by atoms with Crippen molar-refractivity contribution in [3.8, 4) is 0 Å². The number of rotatable bonds is 3. The maximum absolute atomic E-state index is 12.8. The standard InChI is InChI=1S/C16H17NO3S2/c1-13-5-4-6-14(11-13)12-22(19,20)17-9-10-21(18)16-8-3-2-7-15(16)17/h2-8,11H,9-10,12H2,1H3. The van der Waals surface area contributed by atoms with E-state index in [0.717, 1.165) is 11.1 Å². The average Bonchev–Trinajstić information content (AvgIpc) is 2.47. The summed E-state index contributed by atoms with van der Waals surface area (Å²) in [7, 11) is -4.62. The van der Waals surface area contributed by atoms with Crippen molar-refractivity contribution < 1.29 is 12.6 Å². The van der Waals surface area contributed by atoms with Gasteiger partial charge in [-0.2, -0.15) is 0 Å². The third-order valence-electron chi connectivity index (χ3n) is 3.63. The van der Waals surface area contributed by atoms with Crippen LogP contribution in [-0.2, 0) is 26.6 Å². The van der Waals surface area contributed by atoms with Crippen LogP contribution in [-0.4, -0.2) is 24.9 Å². The lowest BCUT2D eigenvalue weighted by Crippen LogP contribution is -2.38. The summed E-state index contributed by atoms with van der Waals surface area (Å²) in [6.45, 7) is 2.20. The lowest BCUT2D eigenvalue weighted by atomic mass is 10.2. The summed E-state index contributed by atoms with van der Waals surface area (Å²) in [6, 6.07) is 14.5. The number of aryl methyl sites for hydroxylation is 1. The molecule has 0 bridgehead atoms. The topological polar surface area (TPSA) is 54.5 Å². The number of hydrogen-bond donors (Lipinski definition) is 0. The fraction of sp³-hybridized carbons (Fsp3) is 0.250. The molecule has 4 nitrogen and oxygen atoms in total. The van der Waals surface area contributed by atoms with Crippen LogP contribution in [0, 0.1) is 6.92 Å². The summed E-state index contributed by atoms with van der Waals surface area (Å²) in [4.78, 5) is 0.599. The van der Waals surface area contributed by atoms with E-state index in [1.807, 2.05) is 31.2 Å². The van der Waals surface area contributed by atoms with Crippen LogP contribution in [0.5, 0.6) is 0 Å². The first kappa shape index (κ1) is 15.2. The molecule has 0 radical (unpaired) electrons. The Balaban J connectivity index is 1.96. The third kappa shape index (κ3) is 2.94. The Morgan fingerprint density at radius 2 is 1.91 bits per heavy atom. The van der Waals surface area contributed by atoms with Crippen LogP contribution in [0.25, 0.3) is 0 Å². The van der Waals surface area contributed by atoms with Gasteiger partial charge in [-0.3, -0.25) is 8.51 Å². The molecule has 2 aromatic rings. The molecular formula is C16H17NO3S2. The lowest BCUT2D eigenvalue weighted by molar-refractivity contribution is 0.590. The van der Waals surface area contributed by atoms with Crippen molar-refractivity contribution in [2.24, 2.45) is 0 Å². The molecule has 0 spiro atoms. The van der Waals surface area contributed by atoms with Crippen LogP contribution in [0.4, 0.5) is 5.69 Å². The van der Waals surface area contributed by atoms with Gasteiger partial charge in [0.15, 0.2) is 0 Å². The highest BCUT2D eigenvalue weighted by Gasteiger charge is 2.30. The SMILES string of the molecule is Cc1cccc(CS(=O)(=O)N2CCS(=O)c3ccccc32)c1. The molecule has 116 valence electrons. The number of para-hydroxylation sites is 1. The molecule has 0 saturated carbocycles. The van der Waals surface area contributed by atoms with Crippen molar-refractivity contribution in [1.82, 2.24) is 0 Å². The molecule has 0 saturated heterocycles. The van der Waals surface area contributed by atoms with Crippen LogP contribution >= 0.6 is 0 Å². The summed E-state index contributed by atoms with van der Waals surface area (Å²) >= 11 is 0. The van der Waals surface area contributed by atoms with Gasteiger partial charge in [-0.05, 0) is 24.6 Å². The lowest BCUT2D eigenvalue weighted by Gasteiger charge is -2.29. The van der Waals surface area contributed by atoms with Crippen LogP contribution in [0.3, 0.4) is 0 Å². The second-order valence-electron chi connectivity index (χ2n) is 5.33. The molecule has 0 amide bonds. The average molecular weight is 335 g/mol. The molecule has 3 rings (SSSR count). The van der Waals surface area contributed by atoms with Crippen molar-refractivity contribution in [2.45, 2.75) is 17.6 Å². The molecular weight excluding hydrogens is 318 g/mol. The summed E-state index contributed by atoms with van der Waals surface area (Å²) in [5, 5.41) is 0. The molecule has 1 heterocycles. The zero-order valence-electron chi connectivity index (χ0n) is 12.2. The number of fused-ring (bicyclic) bond motifs is 1. The molecule has 1 aliphatic rings. The van der Waals surface area contributed by atoms with Crippen molar-refractivity contribution in [2.75, 3.05) is 16.6 Å². The molecule has 2 aromatic carbocycles. The van der Waals surface area contributed by atoms with Gasteiger partial charge in [0.1, 0.15) is 0 Å². The largest absolute Gasteiger partial charge is 0.268 e. The van der Waals surface area contributed by atoms with E-state index in [9.17, 15) is 12.6 Å². The Morgan fingerprint density at radius 3 is 2.68 bits per heavy atom. The zero-order valence-corrected chi connectivity index (χ0v) is 13.9. The number of benzene rings is 2. The van der Waals surface area contributed by atoms with E-state index < -0.39 is 20.8 Å². The molecule has 1 unspecified atom stereocenters.